The molecule has 1 aliphatic carbocycles. The van der Waals surface area contributed by atoms with Gasteiger partial charge in [0, 0.05) is 6.42 Å². The van der Waals surface area contributed by atoms with Crippen LogP contribution in [0.2, 0.25) is 0 Å². The number of anilines is 1. The van der Waals surface area contributed by atoms with E-state index < -0.39 is 49.9 Å². The molecule has 0 spiro atoms. The van der Waals surface area contributed by atoms with E-state index in [-0.39, 0.29) is 35.3 Å². The van der Waals surface area contributed by atoms with E-state index >= 15 is 0 Å². The van der Waals surface area contributed by atoms with Crippen LogP contribution in [-0.2, 0) is 23.4 Å². The minimum Gasteiger partial charge on any atom is -0.462 e. The van der Waals surface area contributed by atoms with E-state index in [1.54, 1.807) is 44.2 Å². The summed E-state index contributed by atoms with van der Waals surface area (Å²) in [7, 11) is -4.21. The van der Waals surface area contributed by atoms with Crippen molar-refractivity contribution in [2.45, 2.75) is 63.4 Å². The molecule has 1 saturated carbocycles. The van der Waals surface area contributed by atoms with Crippen molar-refractivity contribution in [1.29, 1.82) is 0 Å². The fraction of sp³-hybridized carbons (Fsp3) is 0.455. The van der Waals surface area contributed by atoms with Gasteiger partial charge in [-0.2, -0.15) is 19.4 Å². The maximum absolute atomic E-state index is 13.7. The molecule has 4 N–H and O–H groups in total. The Labute approximate surface area is 210 Å². The van der Waals surface area contributed by atoms with Crippen LogP contribution >= 0.6 is 7.75 Å². The molecule has 0 amide bonds. The Morgan fingerprint density at radius 2 is 2.05 bits per heavy atom. The van der Waals surface area contributed by atoms with E-state index in [0.29, 0.717) is 0 Å². The summed E-state index contributed by atoms with van der Waals surface area (Å²) in [4.78, 5) is 23.6. The third-order valence-electron chi connectivity index (χ3n) is 5.97. The van der Waals surface area contributed by atoms with Gasteiger partial charge < -0.3 is 24.8 Å². The summed E-state index contributed by atoms with van der Waals surface area (Å²) in [5.41, 5.74) is 4.48. The monoisotopic (exact) mass is 536 g/mol. The molecule has 5 rings (SSSR count). The van der Waals surface area contributed by atoms with E-state index in [2.05, 4.69) is 20.0 Å². The van der Waals surface area contributed by atoms with Crippen LogP contribution in [0.25, 0.3) is 11.2 Å². The average molecular weight is 536 g/mol. The summed E-state index contributed by atoms with van der Waals surface area (Å²) in [6.07, 6.45) is -2.74. The lowest BCUT2D eigenvalue weighted by Gasteiger charge is -2.25. The Morgan fingerprint density at radius 1 is 1.32 bits per heavy atom. The number of para-hydroxylation sites is 1. The van der Waals surface area contributed by atoms with E-state index in [1.165, 1.54) is 17.8 Å². The minimum absolute atomic E-state index is 0.00436. The first-order chi connectivity index (χ1) is 17.5. The number of nitrogen functional groups attached to an aromatic ring is 1. The molecule has 0 radical (unpaired) electrons. The molecule has 2 fully saturated rings. The lowest BCUT2D eigenvalue weighted by Crippen LogP contribution is -2.37. The Hall–Kier alpha value is -3.16. The predicted molar refractivity (Wildman–Crippen MR) is 127 cm³/mol. The number of ether oxygens (including phenoxy) is 2. The fourth-order valence-corrected chi connectivity index (χ4v) is 5.91. The van der Waals surface area contributed by atoms with Crippen molar-refractivity contribution in [2.75, 3.05) is 5.73 Å². The maximum Gasteiger partial charge on any atom is 0.459 e. The first kappa shape index (κ1) is 25.5. The van der Waals surface area contributed by atoms with Gasteiger partial charge in [-0.3, -0.25) is 13.9 Å². The highest BCUT2D eigenvalue weighted by Gasteiger charge is 2.74. The number of carbonyl (C=O) groups is 1. The Bertz CT molecular complexity index is 1370. The smallest absolute Gasteiger partial charge is 0.459 e. The van der Waals surface area contributed by atoms with Gasteiger partial charge in [-0.05, 0) is 32.9 Å². The highest BCUT2D eigenvalue weighted by atomic mass is 31.2. The number of hydrogen-bond donors (Lipinski definition) is 3. The van der Waals surface area contributed by atoms with Crippen molar-refractivity contribution < 1.29 is 37.4 Å². The van der Waals surface area contributed by atoms with Gasteiger partial charge in [-0.15, -0.1) is 0 Å². The number of aliphatic hydroxyl groups is 1. The number of nitrogens with two attached hydrogens (primary N) is 1. The van der Waals surface area contributed by atoms with Gasteiger partial charge in [0.1, 0.15) is 35.8 Å². The fourth-order valence-electron chi connectivity index (χ4n) is 4.18. The molecule has 0 bridgehead atoms. The van der Waals surface area contributed by atoms with Gasteiger partial charge in [0.15, 0.2) is 17.0 Å². The third-order valence-corrected chi connectivity index (χ3v) is 7.63. The summed E-state index contributed by atoms with van der Waals surface area (Å²) >= 11 is 0. The second-order valence-corrected chi connectivity index (χ2v) is 10.8. The topological polar surface area (TPSA) is 173 Å². The van der Waals surface area contributed by atoms with Crippen LogP contribution in [0, 0.1) is 6.08 Å². The highest BCUT2D eigenvalue weighted by molar-refractivity contribution is 7.52. The summed E-state index contributed by atoms with van der Waals surface area (Å²) in [6.45, 7) is 4.84. The SMILES string of the molecule is CC(C)OC(=O)[C@@H](C)NP(=O)(Oc1ccccc1)OC1[C@H]2O[C@@H](n3cnc4c(N)nc(F)nc43)C[C@@]12O. The van der Waals surface area contributed by atoms with Gasteiger partial charge in [0.2, 0.25) is 0 Å². The summed E-state index contributed by atoms with van der Waals surface area (Å²) in [5.74, 6) is -0.551. The number of carbonyl (C=O) groups excluding carboxylic acids is 1. The average Bonchev–Trinajstić information content (AvgIpc) is 3.13. The standard InChI is InChI=1S/C22H26FN6O7P/c1-11(2)33-20(30)12(3)28-37(32,35-13-7-5-4-6-8-13)36-17-16-22(17,31)9-14(34-16)29-10-25-15-18(24)26-21(23)27-19(15)29/h4-8,10-12,14,16-17,31H,9H2,1-3H3,(H,28,32)(H2,24,26,27)/t12-,14-,16-,17?,22+,37?/m1/s1. The molecule has 2 aromatic heterocycles. The first-order valence-electron chi connectivity index (χ1n) is 11.5. The molecule has 1 saturated heterocycles. The number of esters is 1. The van der Waals surface area contributed by atoms with Crippen LogP contribution in [0.5, 0.6) is 5.75 Å². The number of nitrogens with one attached hydrogen (secondary N) is 1. The molecule has 37 heavy (non-hydrogen) atoms. The number of imidazole rings is 1. The Kier molecular flexibility index (Phi) is 6.40. The molecule has 1 aliphatic heterocycles. The normalized spacial score (nSPS) is 27.0. The van der Waals surface area contributed by atoms with E-state index in [1.807, 2.05) is 0 Å². The predicted octanol–water partition coefficient (Wildman–Crippen LogP) is 2.08. The molecule has 2 aliphatic rings. The lowest BCUT2D eigenvalue weighted by atomic mass is 10.2. The summed E-state index contributed by atoms with van der Waals surface area (Å²) in [6, 6.07) is 7.20. The number of nitrogens with zero attached hydrogens (tertiary/aromatic N) is 4. The van der Waals surface area contributed by atoms with Crippen molar-refractivity contribution in [3.63, 3.8) is 0 Å². The largest absolute Gasteiger partial charge is 0.462 e. The summed E-state index contributed by atoms with van der Waals surface area (Å²) < 4.78 is 51.4. The van der Waals surface area contributed by atoms with Crippen molar-refractivity contribution in [3.8, 4) is 5.75 Å². The first-order valence-corrected chi connectivity index (χ1v) is 13.1. The van der Waals surface area contributed by atoms with Crippen LogP contribution < -0.4 is 15.3 Å². The van der Waals surface area contributed by atoms with Crippen LogP contribution in [0.4, 0.5) is 10.2 Å². The van der Waals surface area contributed by atoms with Gasteiger partial charge in [0.25, 0.3) is 0 Å². The van der Waals surface area contributed by atoms with Crippen molar-refractivity contribution in [1.82, 2.24) is 24.6 Å². The van der Waals surface area contributed by atoms with E-state index in [9.17, 15) is 18.9 Å². The molecule has 1 aromatic carbocycles. The molecule has 15 heteroatoms. The number of rotatable bonds is 9. The maximum atomic E-state index is 13.7. The molecule has 3 heterocycles. The van der Waals surface area contributed by atoms with Crippen LogP contribution in [-0.4, -0.2) is 60.5 Å². The van der Waals surface area contributed by atoms with Crippen molar-refractivity contribution >= 4 is 30.7 Å². The Morgan fingerprint density at radius 3 is 2.70 bits per heavy atom. The minimum atomic E-state index is -4.21. The van der Waals surface area contributed by atoms with Crippen LogP contribution in [0.3, 0.4) is 0 Å². The second kappa shape index (κ2) is 9.30. The zero-order valence-corrected chi connectivity index (χ0v) is 21.0. The number of fused-ring (bicyclic) bond motifs is 2. The highest BCUT2D eigenvalue weighted by Crippen LogP contribution is 2.61. The third kappa shape index (κ3) is 4.90. The van der Waals surface area contributed by atoms with Gasteiger partial charge >= 0.3 is 19.8 Å². The van der Waals surface area contributed by atoms with Gasteiger partial charge in [0.05, 0.1) is 12.4 Å². The number of benzene rings is 1. The molecule has 2 unspecified atom stereocenters. The molecular formula is C22H26FN6O7P. The number of halogens is 1. The van der Waals surface area contributed by atoms with E-state index in [0.717, 1.165) is 0 Å². The Balaban J connectivity index is 1.32. The van der Waals surface area contributed by atoms with Crippen molar-refractivity contribution in [2.24, 2.45) is 0 Å². The zero-order valence-electron chi connectivity index (χ0n) is 20.1. The van der Waals surface area contributed by atoms with E-state index in [4.69, 9.17) is 24.3 Å². The zero-order chi connectivity index (χ0) is 26.5. The molecule has 6 atom stereocenters. The van der Waals surface area contributed by atoms with Crippen LogP contribution in [0.15, 0.2) is 36.7 Å². The summed E-state index contributed by atoms with van der Waals surface area (Å²) in [5, 5.41) is 13.7. The van der Waals surface area contributed by atoms with Crippen molar-refractivity contribution in [3.05, 3.63) is 42.7 Å². The van der Waals surface area contributed by atoms with Gasteiger partial charge in [-0.25, -0.2) is 9.55 Å². The molecule has 198 valence electrons. The quantitative estimate of drug-likeness (QED) is 0.207. The molecular weight excluding hydrogens is 510 g/mol. The lowest BCUT2D eigenvalue weighted by molar-refractivity contribution is -0.149. The molecule has 3 aromatic rings. The number of hydrogen-bond acceptors (Lipinski definition) is 11. The molecule has 13 nitrogen and oxygen atoms in total. The second-order valence-electron chi connectivity index (χ2n) is 9.17. The van der Waals surface area contributed by atoms with Gasteiger partial charge in [-0.1, -0.05) is 18.2 Å². The number of aromatic nitrogens is 4. The van der Waals surface area contributed by atoms with Crippen LogP contribution in [0.1, 0.15) is 33.4 Å².